The Kier molecular flexibility index (Phi) is 4.46. The lowest BCUT2D eigenvalue weighted by molar-refractivity contribution is 0.0983. The van der Waals surface area contributed by atoms with E-state index in [1.165, 1.54) is 12.3 Å². The number of fused-ring (bicyclic) bond motifs is 1. The number of nitrogens with zero attached hydrogens (tertiary/aromatic N) is 2. The number of rotatable bonds is 4. The first-order chi connectivity index (χ1) is 11.0. The first-order valence-electron chi connectivity index (χ1n) is 7.76. The second-order valence-electron chi connectivity index (χ2n) is 6.21. The molecule has 1 aliphatic heterocycles. The van der Waals surface area contributed by atoms with E-state index in [2.05, 4.69) is 29.0 Å². The van der Waals surface area contributed by atoms with Gasteiger partial charge in [-0.05, 0) is 26.0 Å². The molecule has 1 N–H and O–H groups in total. The van der Waals surface area contributed by atoms with Crippen molar-refractivity contribution in [2.75, 3.05) is 25.5 Å². The molecule has 1 aromatic carbocycles. The number of nitrogens with one attached hydrogen (secondary N) is 1. The van der Waals surface area contributed by atoms with Gasteiger partial charge in [0.15, 0.2) is 5.82 Å². The third-order valence-corrected chi connectivity index (χ3v) is 4.43. The van der Waals surface area contributed by atoms with Crippen LogP contribution in [0.5, 0.6) is 0 Å². The fourth-order valence-corrected chi connectivity index (χ4v) is 3.11. The van der Waals surface area contributed by atoms with Gasteiger partial charge in [-0.15, -0.1) is 0 Å². The number of likely N-dealkylation sites (tertiary alicyclic amines) is 1. The lowest BCUT2D eigenvalue weighted by atomic mass is 10.1. The molecule has 2 heterocycles. The van der Waals surface area contributed by atoms with E-state index in [9.17, 15) is 8.78 Å². The number of pyridine rings is 1. The highest BCUT2D eigenvalue weighted by Gasteiger charge is 2.34. The van der Waals surface area contributed by atoms with Gasteiger partial charge >= 0.3 is 0 Å². The van der Waals surface area contributed by atoms with Crippen molar-refractivity contribution in [2.45, 2.75) is 32.0 Å². The molecular formula is C17H21F2N3O. The molecule has 1 fully saturated rings. The third kappa shape index (κ3) is 3.14. The van der Waals surface area contributed by atoms with Crippen LogP contribution in [-0.2, 0) is 4.74 Å². The summed E-state index contributed by atoms with van der Waals surface area (Å²) >= 11 is 0. The molecule has 1 saturated heterocycles. The summed E-state index contributed by atoms with van der Waals surface area (Å²) in [6.07, 6.45) is 1.56. The second kappa shape index (κ2) is 6.37. The zero-order chi connectivity index (χ0) is 16.6. The van der Waals surface area contributed by atoms with Crippen molar-refractivity contribution in [3.05, 3.63) is 36.0 Å². The number of halogens is 2. The van der Waals surface area contributed by atoms with Crippen LogP contribution in [0.15, 0.2) is 24.4 Å². The van der Waals surface area contributed by atoms with Gasteiger partial charge in [-0.1, -0.05) is 0 Å². The first-order valence-corrected chi connectivity index (χ1v) is 7.76. The molecule has 0 spiro atoms. The minimum atomic E-state index is -0.651. The Morgan fingerprint density at radius 1 is 1.30 bits per heavy atom. The van der Waals surface area contributed by atoms with Crippen molar-refractivity contribution in [3.8, 4) is 0 Å². The number of hydrogen-bond donors (Lipinski definition) is 1. The fraction of sp³-hybridized carbons (Fsp3) is 0.471. The molecule has 2 aromatic rings. The number of aromatic nitrogens is 1. The minimum Gasteiger partial charge on any atom is -0.378 e. The van der Waals surface area contributed by atoms with Crippen molar-refractivity contribution in [3.63, 3.8) is 0 Å². The Labute approximate surface area is 134 Å². The molecule has 23 heavy (non-hydrogen) atoms. The summed E-state index contributed by atoms with van der Waals surface area (Å²) in [6, 6.07) is 4.38. The number of ether oxygens (including phenoxy) is 1. The summed E-state index contributed by atoms with van der Waals surface area (Å²) < 4.78 is 33.0. The van der Waals surface area contributed by atoms with E-state index in [1.807, 2.05) is 0 Å². The van der Waals surface area contributed by atoms with Crippen molar-refractivity contribution in [1.29, 1.82) is 0 Å². The Hall–Kier alpha value is -1.79. The summed E-state index contributed by atoms with van der Waals surface area (Å²) in [5.74, 6) is -1.26. The Balaban J connectivity index is 1.92. The normalized spacial score (nSPS) is 22.2. The zero-order valence-electron chi connectivity index (χ0n) is 13.5. The predicted molar refractivity (Wildman–Crippen MR) is 86.6 cm³/mol. The molecule has 0 amide bonds. The van der Waals surface area contributed by atoms with Gasteiger partial charge in [0, 0.05) is 49.6 Å². The highest BCUT2D eigenvalue weighted by molar-refractivity contribution is 5.91. The van der Waals surface area contributed by atoms with E-state index in [1.54, 1.807) is 13.2 Å². The molecule has 4 nitrogen and oxygen atoms in total. The van der Waals surface area contributed by atoms with Gasteiger partial charge < -0.3 is 10.1 Å². The van der Waals surface area contributed by atoms with E-state index >= 15 is 0 Å². The highest BCUT2D eigenvalue weighted by Crippen LogP contribution is 2.27. The van der Waals surface area contributed by atoms with Crippen LogP contribution in [0, 0.1) is 11.6 Å². The number of anilines is 1. The van der Waals surface area contributed by atoms with Gasteiger partial charge in [0.1, 0.15) is 11.3 Å². The average Bonchev–Trinajstić information content (AvgIpc) is 2.91. The molecule has 0 unspecified atom stereocenters. The van der Waals surface area contributed by atoms with Crippen LogP contribution >= 0.6 is 0 Å². The van der Waals surface area contributed by atoms with Crippen molar-refractivity contribution >= 4 is 16.6 Å². The molecule has 1 aliphatic rings. The van der Waals surface area contributed by atoms with Crippen LogP contribution < -0.4 is 5.32 Å². The van der Waals surface area contributed by atoms with Crippen molar-refractivity contribution in [1.82, 2.24) is 9.88 Å². The number of methoxy groups -OCH3 is 1. The van der Waals surface area contributed by atoms with E-state index in [4.69, 9.17) is 4.74 Å². The van der Waals surface area contributed by atoms with E-state index < -0.39 is 11.6 Å². The fourth-order valence-electron chi connectivity index (χ4n) is 3.11. The lowest BCUT2D eigenvalue weighted by Gasteiger charge is -2.21. The molecule has 0 aliphatic carbocycles. The van der Waals surface area contributed by atoms with Gasteiger partial charge in [-0.3, -0.25) is 9.88 Å². The molecule has 124 valence electrons. The molecule has 0 radical (unpaired) electrons. The Morgan fingerprint density at radius 2 is 2.09 bits per heavy atom. The molecule has 0 bridgehead atoms. The van der Waals surface area contributed by atoms with Gasteiger partial charge in [-0.2, -0.15) is 0 Å². The van der Waals surface area contributed by atoms with Crippen LogP contribution in [0.4, 0.5) is 14.5 Å². The number of hydrogen-bond acceptors (Lipinski definition) is 4. The zero-order valence-corrected chi connectivity index (χ0v) is 13.5. The minimum absolute atomic E-state index is 0.0269. The van der Waals surface area contributed by atoms with E-state index in [0.717, 1.165) is 19.2 Å². The quantitative estimate of drug-likeness (QED) is 0.939. The molecule has 1 aromatic heterocycles. The highest BCUT2D eigenvalue weighted by atomic mass is 19.1. The Bertz CT molecular complexity index is 708. The largest absolute Gasteiger partial charge is 0.378 e. The lowest BCUT2D eigenvalue weighted by Crippen LogP contribution is -2.34. The summed E-state index contributed by atoms with van der Waals surface area (Å²) in [7, 11) is 1.69. The molecule has 2 atom stereocenters. The molecule has 6 heteroatoms. The van der Waals surface area contributed by atoms with Crippen LogP contribution in [0.3, 0.4) is 0 Å². The maximum absolute atomic E-state index is 13.9. The molecule has 0 saturated carbocycles. The Morgan fingerprint density at radius 3 is 2.78 bits per heavy atom. The van der Waals surface area contributed by atoms with E-state index in [-0.39, 0.29) is 17.7 Å². The van der Waals surface area contributed by atoms with Crippen LogP contribution in [-0.4, -0.2) is 48.3 Å². The van der Waals surface area contributed by atoms with Crippen molar-refractivity contribution < 1.29 is 13.5 Å². The SMILES string of the molecule is CO[C@H]1CN(C(C)C)C[C@@H]1Nc1ccnc2c(F)cc(F)cc12. The van der Waals surface area contributed by atoms with E-state index in [0.29, 0.717) is 17.1 Å². The topological polar surface area (TPSA) is 37.4 Å². The van der Waals surface area contributed by atoms with Crippen LogP contribution in [0.25, 0.3) is 10.9 Å². The third-order valence-electron chi connectivity index (χ3n) is 4.43. The first kappa shape index (κ1) is 16.1. The van der Waals surface area contributed by atoms with Gasteiger partial charge in [0.25, 0.3) is 0 Å². The standard InChI is InChI=1S/C17H21F2N3O/c1-10(2)22-8-15(16(9-22)23-3)21-14-4-5-20-17-12(14)6-11(18)7-13(17)19/h4-7,10,15-16H,8-9H2,1-3H3,(H,20,21)/t15-,16-/m0/s1. The second-order valence-corrected chi connectivity index (χ2v) is 6.21. The maximum Gasteiger partial charge on any atom is 0.152 e. The summed E-state index contributed by atoms with van der Waals surface area (Å²) in [5, 5.41) is 3.83. The maximum atomic E-state index is 13.9. The smallest absolute Gasteiger partial charge is 0.152 e. The summed E-state index contributed by atoms with van der Waals surface area (Å²) in [5.41, 5.74) is 0.843. The van der Waals surface area contributed by atoms with Crippen molar-refractivity contribution in [2.24, 2.45) is 0 Å². The van der Waals surface area contributed by atoms with Gasteiger partial charge in [0.05, 0.1) is 12.1 Å². The van der Waals surface area contributed by atoms with Crippen LogP contribution in [0.1, 0.15) is 13.8 Å². The van der Waals surface area contributed by atoms with Crippen LogP contribution in [0.2, 0.25) is 0 Å². The van der Waals surface area contributed by atoms with Gasteiger partial charge in [0.2, 0.25) is 0 Å². The number of benzene rings is 1. The molecular weight excluding hydrogens is 300 g/mol. The average molecular weight is 321 g/mol. The molecule has 3 rings (SSSR count). The van der Waals surface area contributed by atoms with Gasteiger partial charge in [-0.25, -0.2) is 8.78 Å². The summed E-state index contributed by atoms with van der Waals surface area (Å²) in [4.78, 5) is 6.33. The monoisotopic (exact) mass is 321 g/mol. The predicted octanol–water partition coefficient (Wildman–Crippen LogP) is 3.03. The summed E-state index contributed by atoms with van der Waals surface area (Å²) in [6.45, 7) is 5.93.